The molecule has 0 aliphatic heterocycles. The SMILES string of the molecule is O=[N+]([O-])c1ccccc1/C=C/C=N/n1c(-c2ccc(Cl)cc2)n[nH]c1=S. The number of nitrogens with one attached hydrogen (secondary N) is 1. The molecule has 0 saturated heterocycles. The maximum absolute atomic E-state index is 11.0. The highest BCUT2D eigenvalue weighted by Crippen LogP contribution is 2.20. The molecule has 1 aromatic heterocycles. The highest BCUT2D eigenvalue weighted by molar-refractivity contribution is 7.71. The van der Waals surface area contributed by atoms with Crippen LogP contribution in [0.15, 0.2) is 59.7 Å². The second-order valence-electron chi connectivity index (χ2n) is 5.11. The van der Waals surface area contributed by atoms with E-state index in [1.807, 2.05) is 12.1 Å². The monoisotopic (exact) mass is 385 g/mol. The van der Waals surface area contributed by atoms with E-state index < -0.39 is 4.92 Å². The molecule has 3 rings (SSSR count). The number of benzene rings is 2. The number of allylic oxidation sites excluding steroid dienone is 1. The van der Waals surface area contributed by atoms with Gasteiger partial charge in [-0.05, 0) is 54.7 Å². The molecule has 0 spiro atoms. The molecule has 0 amide bonds. The van der Waals surface area contributed by atoms with Crippen LogP contribution >= 0.6 is 23.8 Å². The van der Waals surface area contributed by atoms with Crippen LogP contribution in [-0.2, 0) is 0 Å². The van der Waals surface area contributed by atoms with Crippen LogP contribution in [-0.4, -0.2) is 26.0 Å². The fourth-order valence-corrected chi connectivity index (χ4v) is 2.54. The summed E-state index contributed by atoms with van der Waals surface area (Å²) in [4.78, 5) is 10.6. The van der Waals surface area contributed by atoms with Crippen LogP contribution < -0.4 is 0 Å². The predicted molar refractivity (Wildman–Crippen MR) is 104 cm³/mol. The van der Waals surface area contributed by atoms with Crippen LogP contribution in [0.5, 0.6) is 0 Å². The van der Waals surface area contributed by atoms with Gasteiger partial charge in [-0.3, -0.25) is 10.1 Å². The third-order valence-electron chi connectivity index (χ3n) is 3.43. The Hall–Kier alpha value is -3.10. The van der Waals surface area contributed by atoms with Crippen molar-refractivity contribution in [2.24, 2.45) is 5.10 Å². The van der Waals surface area contributed by atoms with Crippen molar-refractivity contribution < 1.29 is 4.92 Å². The molecule has 130 valence electrons. The number of para-hydroxylation sites is 1. The standard InChI is InChI=1S/C17H12ClN5O2S/c18-14-9-7-13(8-10-14)16-20-21-17(26)22(16)19-11-3-5-12-4-1-2-6-15(12)23(24)25/h1-11H,(H,21,26)/b5-3+,19-11+. The number of nitro benzene ring substituents is 1. The molecule has 2 aromatic carbocycles. The van der Waals surface area contributed by atoms with Crippen LogP contribution in [0.4, 0.5) is 5.69 Å². The number of nitrogens with zero attached hydrogens (tertiary/aromatic N) is 4. The molecule has 0 bridgehead atoms. The van der Waals surface area contributed by atoms with E-state index in [0.29, 0.717) is 21.2 Å². The highest BCUT2D eigenvalue weighted by atomic mass is 35.5. The van der Waals surface area contributed by atoms with Gasteiger partial charge in [-0.25, -0.2) is 5.10 Å². The van der Waals surface area contributed by atoms with Crippen LogP contribution in [0.3, 0.4) is 0 Å². The minimum Gasteiger partial charge on any atom is -0.258 e. The van der Waals surface area contributed by atoms with Gasteiger partial charge in [-0.1, -0.05) is 23.7 Å². The van der Waals surface area contributed by atoms with Gasteiger partial charge < -0.3 is 0 Å². The molecule has 0 saturated carbocycles. The van der Waals surface area contributed by atoms with Crippen molar-refractivity contribution in [1.82, 2.24) is 14.9 Å². The molecule has 0 aliphatic carbocycles. The van der Waals surface area contributed by atoms with Gasteiger partial charge in [0.15, 0.2) is 5.82 Å². The van der Waals surface area contributed by atoms with E-state index in [4.69, 9.17) is 23.8 Å². The first-order chi connectivity index (χ1) is 12.6. The summed E-state index contributed by atoms with van der Waals surface area (Å²) in [7, 11) is 0. The molecule has 7 nitrogen and oxygen atoms in total. The van der Waals surface area contributed by atoms with Gasteiger partial charge in [-0.2, -0.15) is 14.9 Å². The van der Waals surface area contributed by atoms with Gasteiger partial charge in [0, 0.05) is 22.9 Å². The Morgan fingerprint density at radius 2 is 1.96 bits per heavy atom. The lowest BCUT2D eigenvalue weighted by Crippen LogP contribution is -1.93. The predicted octanol–water partition coefficient (Wildman–Crippen LogP) is 4.72. The van der Waals surface area contributed by atoms with Crippen molar-refractivity contribution in [2.45, 2.75) is 0 Å². The van der Waals surface area contributed by atoms with E-state index in [0.717, 1.165) is 5.56 Å². The lowest BCUT2D eigenvalue weighted by Gasteiger charge is -2.00. The Balaban J connectivity index is 1.86. The fourth-order valence-electron chi connectivity index (χ4n) is 2.23. The third-order valence-corrected chi connectivity index (χ3v) is 3.95. The highest BCUT2D eigenvalue weighted by Gasteiger charge is 2.09. The molecule has 0 aliphatic rings. The largest absolute Gasteiger partial charge is 0.276 e. The normalized spacial score (nSPS) is 11.4. The molecule has 3 aromatic rings. The Morgan fingerprint density at radius 3 is 2.69 bits per heavy atom. The van der Waals surface area contributed by atoms with Gasteiger partial charge in [0.2, 0.25) is 4.77 Å². The number of hydrogen-bond donors (Lipinski definition) is 1. The number of rotatable bonds is 5. The van der Waals surface area contributed by atoms with Crippen molar-refractivity contribution in [2.75, 3.05) is 0 Å². The molecule has 1 heterocycles. The van der Waals surface area contributed by atoms with Gasteiger partial charge >= 0.3 is 0 Å². The molecular weight excluding hydrogens is 374 g/mol. The van der Waals surface area contributed by atoms with Crippen molar-refractivity contribution in [3.63, 3.8) is 0 Å². The Labute approximate surface area is 158 Å². The Kier molecular flexibility index (Phi) is 5.35. The molecular formula is C17H12ClN5O2S. The zero-order valence-corrected chi connectivity index (χ0v) is 14.8. The molecule has 0 atom stereocenters. The molecule has 0 unspecified atom stereocenters. The van der Waals surface area contributed by atoms with E-state index >= 15 is 0 Å². The lowest BCUT2D eigenvalue weighted by molar-refractivity contribution is -0.385. The fraction of sp³-hybridized carbons (Fsp3) is 0. The third kappa shape index (κ3) is 3.93. The van der Waals surface area contributed by atoms with Crippen LogP contribution in [0.2, 0.25) is 5.02 Å². The summed E-state index contributed by atoms with van der Waals surface area (Å²) in [6.45, 7) is 0. The summed E-state index contributed by atoms with van der Waals surface area (Å²) in [6.07, 6.45) is 4.69. The first kappa shape index (κ1) is 17.7. The average Bonchev–Trinajstić information content (AvgIpc) is 3.00. The smallest absolute Gasteiger partial charge is 0.258 e. The van der Waals surface area contributed by atoms with Crippen molar-refractivity contribution in [3.05, 3.63) is 80.1 Å². The number of halogens is 1. The van der Waals surface area contributed by atoms with Crippen molar-refractivity contribution in [3.8, 4) is 11.4 Å². The van der Waals surface area contributed by atoms with Crippen molar-refractivity contribution in [1.29, 1.82) is 0 Å². The molecule has 0 fully saturated rings. The first-order valence-electron chi connectivity index (χ1n) is 7.44. The summed E-state index contributed by atoms with van der Waals surface area (Å²) < 4.78 is 1.78. The van der Waals surface area contributed by atoms with Crippen LogP contribution in [0.25, 0.3) is 17.5 Å². The van der Waals surface area contributed by atoms with E-state index in [9.17, 15) is 10.1 Å². The van der Waals surface area contributed by atoms with Gasteiger partial charge in [-0.15, -0.1) is 0 Å². The van der Waals surface area contributed by atoms with Gasteiger partial charge in [0.05, 0.1) is 10.5 Å². The summed E-state index contributed by atoms with van der Waals surface area (Å²) >= 11 is 11.1. The van der Waals surface area contributed by atoms with Gasteiger partial charge in [0.1, 0.15) is 0 Å². The quantitative estimate of drug-likeness (QED) is 0.298. The van der Waals surface area contributed by atoms with E-state index in [2.05, 4.69) is 15.3 Å². The Bertz CT molecular complexity index is 1050. The molecule has 26 heavy (non-hydrogen) atoms. The second kappa shape index (κ2) is 7.85. The minimum absolute atomic E-state index is 0.0268. The number of aromatic amines is 1. The van der Waals surface area contributed by atoms with Crippen molar-refractivity contribution >= 4 is 41.8 Å². The van der Waals surface area contributed by atoms with E-state index in [1.165, 1.54) is 17.0 Å². The van der Waals surface area contributed by atoms with E-state index in [-0.39, 0.29) is 5.69 Å². The summed E-state index contributed by atoms with van der Waals surface area (Å²) in [6, 6.07) is 13.6. The zero-order valence-electron chi connectivity index (χ0n) is 13.2. The summed E-state index contributed by atoms with van der Waals surface area (Å²) in [5, 5.41) is 22.7. The number of H-pyrrole nitrogens is 1. The van der Waals surface area contributed by atoms with Crippen LogP contribution in [0.1, 0.15) is 5.56 Å². The Morgan fingerprint density at radius 1 is 1.23 bits per heavy atom. The summed E-state index contributed by atoms with van der Waals surface area (Å²) in [5.41, 5.74) is 1.30. The van der Waals surface area contributed by atoms with E-state index in [1.54, 1.807) is 42.5 Å². The number of hydrogen-bond acceptors (Lipinski definition) is 5. The number of aromatic nitrogens is 3. The maximum atomic E-state index is 11.0. The zero-order chi connectivity index (χ0) is 18.5. The topological polar surface area (TPSA) is 89.1 Å². The number of nitro groups is 1. The maximum Gasteiger partial charge on any atom is 0.276 e. The molecule has 9 heteroatoms. The second-order valence-corrected chi connectivity index (χ2v) is 5.93. The first-order valence-corrected chi connectivity index (χ1v) is 8.22. The van der Waals surface area contributed by atoms with Crippen LogP contribution in [0, 0.1) is 14.9 Å². The molecule has 0 radical (unpaired) electrons. The van der Waals surface area contributed by atoms with Gasteiger partial charge in [0.25, 0.3) is 5.69 Å². The molecule has 1 N–H and O–H groups in total. The average molecular weight is 386 g/mol. The summed E-state index contributed by atoms with van der Waals surface area (Å²) in [5.74, 6) is 0.530. The minimum atomic E-state index is -0.429. The lowest BCUT2D eigenvalue weighted by atomic mass is 10.2.